The Hall–Kier alpha value is 0.500. The van der Waals surface area contributed by atoms with Crippen LogP contribution in [0.3, 0.4) is 0 Å². The van der Waals surface area contributed by atoms with Gasteiger partial charge in [0.05, 0.1) is 0 Å². The molecule has 0 aromatic heterocycles. The average molecular weight is 343 g/mol. The van der Waals surface area contributed by atoms with E-state index in [0.29, 0.717) is 12.1 Å². The lowest BCUT2D eigenvalue weighted by Gasteiger charge is -2.14. The monoisotopic (exact) mass is 342 g/mol. The second-order valence-electron chi connectivity index (χ2n) is 6.15. The summed E-state index contributed by atoms with van der Waals surface area (Å²) >= 11 is 0. The average Bonchev–Trinajstić information content (AvgIpc) is 2.40. The number of rotatable bonds is 14. The van der Waals surface area contributed by atoms with Crippen LogP contribution in [-0.4, -0.2) is 12.1 Å². The van der Waals surface area contributed by atoms with Crippen molar-refractivity contribution in [1.29, 1.82) is 0 Å². The zero-order valence-electron chi connectivity index (χ0n) is 14.3. The Bertz CT molecular complexity index is 162. The number of halogens is 2. The zero-order valence-corrected chi connectivity index (χ0v) is 16.0. The van der Waals surface area contributed by atoms with Crippen molar-refractivity contribution in [2.75, 3.05) is 0 Å². The van der Waals surface area contributed by atoms with Crippen molar-refractivity contribution >= 4 is 24.8 Å². The smallest absolute Gasteiger partial charge is 0.00388 e. The Labute approximate surface area is 146 Å². The van der Waals surface area contributed by atoms with E-state index >= 15 is 0 Å². The molecule has 0 radical (unpaired) electrons. The maximum Gasteiger partial charge on any atom is 0.00388 e. The van der Waals surface area contributed by atoms with E-state index in [0.717, 1.165) is 12.8 Å². The highest BCUT2D eigenvalue weighted by atomic mass is 35.5. The van der Waals surface area contributed by atoms with E-state index in [1.807, 2.05) is 0 Å². The van der Waals surface area contributed by atoms with Crippen molar-refractivity contribution in [3.63, 3.8) is 0 Å². The first kappa shape index (κ1) is 26.4. The maximum absolute atomic E-state index is 6.14. The van der Waals surface area contributed by atoms with Gasteiger partial charge in [-0.25, -0.2) is 0 Å². The van der Waals surface area contributed by atoms with E-state index in [9.17, 15) is 0 Å². The van der Waals surface area contributed by atoms with Crippen LogP contribution in [0.1, 0.15) is 97.3 Å². The van der Waals surface area contributed by atoms with Crippen molar-refractivity contribution in [2.24, 2.45) is 11.5 Å². The molecular formula is C17H40Cl2N2. The number of nitrogens with two attached hydrogens (primary N) is 2. The lowest BCUT2D eigenvalue weighted by atomic mass is 9.99. The molecule has 0 saturated heterocycles. The van der Waals surface area contributed by atoms with Crippen molar-refractivity contribution in [1.82, 2.24) is 0 Å². The first-order valence-corrected chi connectivity index (χ1v) is 8.71. The molecule has 0 fully saturated rings. The lowest BCUT2D eigenvalue weighted by Crippen LogP contribution is -2.23. The summed E-state index contributed by atoms with van der Waals surface area (Å²) in [5.41, 5.74) is 12.3. The van der Waals surface area contributed by atoms with Gasteiger partial charge >= 0.3 is 0 Å². The van der Waals surface area contributed by atoms with Gasteiger partial charge in [-0.3, -0.25) is 0 Å². The molecule has 0 heterocycles. The molecule has 0 aromatic carbocycles. The number of hydrogen-bond acceptors (Lipinski definition) is 2. The predicted octanol–water partition coefficient (Wildman–Crippen LogP) is 5.60. The third kappa shape index (κ3) is 20.5. The summed E-state index contributed by atoms with van der Waals surface area (Å²) in [4.78, 5) is 0. The molecular weight excluding hydrogens is 303 g/mol. The summed E-state index contributed by atoms with van der Waals surface area (Å²) in [5, 5.41) is 0. The molecule has 0 bridgehead atoms. The molecule has 4 N–H and O–H groups in total. The lowest BCUT2D eigenvalue weighted by molar-refractivity contribution is 0.458. The first-order valence-electron chi connectivity index (χ1n) is 8.71. The van der Waals surface area contributed by atoms with E-state index in [1.165, 1.54) is 70.6 Å². The third-order valence-electron chi connectivity index (χ3n) is 4.01. The van der Waals surface area contributed by atoms with Gasteiger partial charge in [0.25, 0.3) is 0 Å². The second kappa shape index (κ2) is 20.5. The van der Waals surface area contributed by atoms with E-state index in [-0.39, 0.29) is 24.8 Å². The quantitative estimate of drug-likeness (QED) is 0.404. The Morgan fingerprint density at radius 2 is 0.857 bits per heavy atom. The predicted molar refractivity (Wildman–Crippen MR) is 102 cm³/mol. The minimum absolute atomic E-state index is 0. The van der Waals surface area contributed by atoms with Crippen LogP contribution in [0.15, 0.2) is 0 Å². The largest absolute Gasteiger partial charge is 0.328 e. The highest BCUT2D eigenvalue weighted by molar-refractivity contribution is 5.85. The van der Waals surface area contributed by atoms with Gasteiger partial charge in [0.2, 0.25) is 0 Å². The topological polar surface area (TPSA) is 52.0 Å². The highest BCUT2D eigenvalue weighted by Gasteiger charge is 2.06. The number of hydrogen-bond donors (Lipinski definition) is 2. The van der Waals surface area contributed by atoms with Gasteiger partial charge in [-0.2, -0.15) is 0 Å². The summed E-state index contributed by atoms with van der Waals surface area (Å²) in [5.74, 6) is 0. The van der Waals surface area contributed by atoms with Crippen LogP contribution in [0.25, 0.3) is 0 Å². The van der Waals surface area contributed by atoms with Gasteiger partial charge in [0.1, 0.15) is 0 Å². The van der Waals surface area contributed by atoms with Gasteiger partial charge in [-0.15, -0.1) is 24.8 Å². The normalized spacial score (nSPS) is 13.1. The minimum Gasteiger partial charge on any atom is -0.328 e. The fourth-order valence-electron chi connectivity index (χ4n) is 2.60. The third-order valence-corrected chi connectivity index (χ3v) is 4.01. The Balaban J connectivity index is -0.00000162. The molecule has 0 aliphatic rings. The Morgan fingerprint density at radius 3 is 1.19 bits per heavy atom. The summed E-state index contributed by atoms with van der Waals surface area (Å²) in [6, 6.07) is 0.813. The summed E-state index contributed by atoms with van der Waals surface area (Å²) in [6.07, 6.45) is 16.6. The zero-order chi connectivity index (χ0) is 14.3. The van der Waals surface area contributed by atoms with Crippen LogP contribution in [-0.2, 0) is 0 Å². The van der Waals surface area contributed by atoms with E-state index < -0.39 is 0 Å². The fourth-order valence-corrected chi connectivity index (χ4v) is 2.60. The molecule has 4 heteroatoms. The summed E-state index contributed by atoms with van der Waals surface area (Å²) < 4.78 is 0. The van der Waals surface area contributed by atoms with Crippen LogP contribution in [0.4, 0.5) is 0 Å². The van der Waals surface area contributed by atoms with Gasteiger partial charge in [-0.1, -0.05) is 71.6 Å². The van der Waals surface area contributed by atoms with Gasteiger partial charge in [0.15, 0.2) is 0 Å². The molecule has 0 amide bonds. The molecule has 0 aliphatic carbocycles. The molecule has 2 nitrogen and oxygen atoms in total. The van der Waals surface area contributed by atoms with Gasteiger partial charge < -0.3 is 11.5 Å². The van der Waals surface area contributed by atoms with Crippen LogP contribution >= 0.6 is 24.8 Å². The van der Waals surface area contributed by atoms with E-state index in [1.54, 1.807) is 0 Å². The molecule has 0 aliphatic heterocycles. The van der Waals surface area contributed by atoms with Crippen LogP contribution in [0, 0.1) is 0 Å². The molecule has 0 rings (SSSR count). The Morgan fingerprint density at radius 1 is 0.524 bits per heavy atom. The molecule has 2 atom stereocenters. The standard InChI is InChI=1S/C17H38N2.2ClH/c1-3-5-7-9-12-16(18)14-11-15-17(19)13-10-8-6-4-2;;/h16-17H,3-15,18-19H2,1-2H3;2*1H. The minimum atomic E-state index is 0. The Kier molecular flexibility index (Phi) is 25.8. The van der Waals surface area contributed by atoms with Crippen molar-refractivity contribution < 1.29 is 0 Å². The van der Waals surface area contributed by atoms with Crippen LogP contribution in [0.2, 0.25) is 0 Å². The van der Waals surface area contributed by atoms with Crippen LogP contribution in [0.5, 0.6) is 0 Å². The van der Waals surface area contributed by atoms with Crippen molar-refractivity contribution in [2.45, 2.75) is 109 Å². The molecule has 0 saturated carbocycles. The highest BCUT2D eigenvalue weighted by Crippen LogP contribution is 2.12. The molecule has 0 aromatic rings. The summed E-state index contributed by atoms with van der Waals surface area (Å²) in [7, 11) is 0. The molecule has 132 valence electrons. The van der Waals surface area contributed by atoms with Gasteiger partial charge in [0, 0.05) is 12.1 Å². The van der Waals surface area contributed by atoms with Crippen molar-refractivity contribution in [3.8, 4) is 0 Å². The van der Waals surface area contributed by atoms with Crippen LogP contribution < -0.4 is 11.5 Å². The first-order chi connectivity index (χ1) is 9.20. The van der Waals surface area contributed by atoms with E-state index in [2.05, 4.69) is 13.8 Å². The summed E-state index contributed by atoms with van der Waals surface area (Å²) in [6.45, 7) is 4.50. The maximum atomic E-state index is 6.14. The number of unbranched alkanes of at least 4 members (excludes halogenated alkanes) is 6. The SMILES string of the molecule is CCCCCCC(N)CCCC(N)CCCCCC.Cl.Cl. The second-order valence-corrected chi connectivity index (χ2v) is 6.15. The fraction of sp³-hybridized carbons (Fsp3) is 1.00. The van der Waals surface area contributed by atoms with E-state index in [4.69, 9.17) is 11.5 Å². The molecule has 2 unspecified atom stereocenters. The molecule has 0 spiro atoms. The molecule has 21 heavy (non-hydrogen) atoms. The van der Waals surface area contributed by atoms with Crippen molar-refractivity contribution in [3.05, 3.63) is 0 Å². The van der Waals surface area contributed by atoms with Gasteiger partial charge in [-0.05, 0) is 25.7 Å².